The molecule has 0 bridgehead atoms. The molecule has 3 rings (SSSR count). The minimum Gasteiger partial charge on any atom is -0.342 e. The highest BCUT2D eigenvalue weighted by Gasteiger charge is 2.41. The van der Waals surface area contributed by atoms with Crippen LogP contribution in [0, 0.1) is 19.3 Å². The summed E-state index contributed by atoms with van der Waals surface area (Å²) in [5, 5.41) is 0. The maximum Gasteiger partial charge on any atom is 0.253 e. The highest BCUT2D eigenvalue weighted by atomic mass is 16.2. The van der Waals surface area contributed by atoms with Gasteiger partial charge in [-0.1, -0.05) is 6.07 Å². The fraction of sp³-hybridized carbons (Fsp3) is 0.600. The van der Waals surface area contributed by atoms with E-state index in [0.29, 0.717) is 6.42 Å². The zero-order valence-electron chi connectivity index (χ0n) is 15.1. The molecule has 2 fully saturated rings. The molecule has 2 saturated heterocycles. The molecule has 0 N–H and O–H groups in total. The first-order valence-electron chi connectivity index (χ1n) is 9.08. The fourth-order valence-electron chi connectivity index (χ4n) is 4.04. The lowest BCUT2D eigenvalue weighted by atomic mass is 9.72. The number of aryl methyl sites for hydroxylation is 2. The van der Waals surface area contributed by atoms with Gasteiger partial charge >= 0.3 is 0 Å². The fourth-order valence-corrected chi connectivity index (χ4v) is 4.04. The van der Waals surface area contributed by atoms with Gasteiger partial charge in [0.2, 0.25) is 5.91 Å². The second kappa shape index (κ2) is 6.58. The SMILES string of the molecule is CCN1CC2(CCC1=O)CCN(C(=O)c1ccc(C)c(C)c1)CC2. The Morgan fingerprint density at radius 3 is 2.46 bits per heavy atom. The molecule has 0 aromatic heterocycles. The predicted molar refractivity (Wildman–Crippen MR) is 95.0 cm³/mol. The second-order valence-corrected chi connectivity index (χ2v) is 7.50. The average Bonchev–Trinajstić information content (AvgIpc) is 2.60. The molecule has 2 amide bonds. The zero-order valence-corrected chi connectivity index (χ0v) is 15.1. The quantitative estimate of drug-likeness (QED) is 0.837. The van der Waals surface area contributed by atoms with Gasteiger partial charge in [0.1, 0.15) is 0 Å². The normalized spacial score (nSPS) is 20.5. The molecular weight excluding hydrogens is 300 g/mol. The molecule has 4 heteroatoms. The van der Waals surface area contributed by atoms with Crippen molar-refractivity contribution >= 4 is 11.8 Å². The molecule has 24 heavy (non-hydrogen) atoms. The van der Waals surface area contributed by atoms with Crippen LogP contribution in [0.15, 0.2) is 18.2 Å². The Kier molecular flexibility index (Phi) is 4.66. The van der Waals surface area contributed by atoms with E-state index < -0.39 is 0 Å². The number of hydrogen-bond donors (Lipinski definition) is 0. The summed E-state index contributed by atoms with van der Waals surface area (Å²) in [6, 6.07) is 5.97. The summed E-state index contributed by atoms with van der Waals surface area (Å²) in [7, 11) is 0. The molecular formula is C20H28N2O2. The van der Waals surface area contributed by atoms with Gasteiger partial charge in [-0.2, -0.15) is 0 Å². The van der Waals surface area contributed by atoms with Crippen molar-refractivity contribution in [3.63, 3.8) is 0 Å². The van der Waals surface area contributed by atoms with Crippen LogP contribution < -0.4 is 0 Å². The maximum atomic E-state index is 12.8. The number of amides is 2. The first-order chi connectivity index (χ1) is 11.4. The highest BCUT2D eigenvalue weighted by molar-refractivity contribution is 5.94. The van der Waals surface area contributed by atoms with E-state index in [1.165, 1.54) is 11.1 Å². The Bertz CT molecular complexity index is 645. The van der Waals surface area contributed by atoms with Gasteiger partial charge in [0.15, 0.2) is 0 Å². The number of likely N-dealkylation sites (tertiary alicyclic amines) is 2. The van der Waals surface area contributed by atoms with E-state index in [0.717, 1.165) is 51.0 Å². The predicted octanol–water partition coefficient (Wildman–Crippen LogP) is 3.17. The molecule has 2 aliphatic heterocycles. The van der Waals surface area contributed by atoms with Crippen LogP contribution in [0.25, 0.3) is 0 Å². The molecule has 1 aromatic carbocycles. The van der Waals surface area contributed by atoms with Crippen LogP contribution >= 0.6 is 0 Å². The molecule has 2 aliphatic rings. The Hall–Kier alpha value is -1.84. The summed E-state index contributed by atoms with van der Waals surface area (Å²) in [6.45, 7) is 9.44. The van der Waals surface area contributed by atoms with Crippen LogP contribution in [0.5, 0.6) is 0 Å². The summed E-state index contributed by atoms with van der Waals surface area (Å²) >= 11 is 0. The Morgan fingerprint density at radius 1 is 1.12 bits per heavy atom. The molecule has 0 atom stereocenters. The van der Waals surface area contributed by atoms with Crippen LogP contribution in [0.1, 0.15) is 54.1 Å². The topological polar surface area (TPSA) is 40.6 Å². The molecule has 130 valence electrons. The van der Waals surface area contributed by atoms with E-state index in [4.69, 9.17) is 0 Å². The average molecular weight is 328 g/mol. The number of carbonyl (C=O) groups is 2. The van der Waals surface area contributed by atoms with Gasteiger partial charge in [-0.3, -0.25) is 9.59 Å². The van der Waals surface area contributed by atoms with E-state index in [1.54, 1.807) is 0 Å². The molecule has 0 radical (unpaired) electrons. The summed E-state index contributed by atoms with van der Waals surface area (Å²) < 4.78 is 0. The minimum absolute atomic E-state index is 0.146. The minimum atomic E-state index is 0.146. The van der Waals surface area contributed by atoms with E-state index in [-0.39, 0.29) is 17.2 Å². The first kappa shape index (κ1) is 17.0. The van der Waals surface area contributed by atoms with Gasteiger partial charge in [-0.25, -0.2) is 0 Å². The molecule has 0 unspecified atom stereocenters. The molecule has 1 aromatic rings. The van der Waals surface area contributed by atoms with Crippen molar-refractivity contribution < 1.29 is 9.59 Å². The van der Waals surface area contributed by atoms with Crippen molar-refractivity contribution in [2.45, 2.75) is 46.5 Å². The monoisotopic (exact) mass is 328 g/mol. The summed E-state index contributed by atoms with van der Waals surface area (Å²) in [4.78, 5) is 28.7. The van der Waals surface area contributed by atoms with Crippen molar-refractivity contribution in [2.24, 2.45) is 5.41 Å². The third-order valence-corrected chi connectivity index (χ3v) is 6.00. The molecule has 0 aliphatic carbocycles. The third-order valence-electron chi connectivity index (χ3n) is 6.00. The lowest BCUT2D eigenvalue weighted by Gasteiger charge is -2.47. The number of carbonyl (C=O) groups excluding carboxylic acids is 2. The lowest BCUT2D eigenvalue weighted by molar-refractivity contribution is -0.138. The Balaban J connectivity index is 1.65. The van der Waals surface area contributed by atoms with Crippen LogP contribution in [0.2, 0.25) is 0 Å². The van der Waals surface area contributed by atoms with E-state index in [1.807, 2.05) is 28.0 Å². The van der Waals surface area contributed by atoms with Gasteiger partial charge < -0.3 is 9.80 Å². The van der Waals surface area contributed by atoms with Crippen LogP contribution in [-0.2, 0) is 4.79 Å². The van der Waals surface area contributed by atoms with Crippen LogP contribution in [0.3, 0.4) is 0 Å². The van der Waals surface area contributed by atoms with Crippen LogP contribution in [0.4, 0.5) is 0 Å². The maximum absolute atomic E-state index is 12.8. The summed E-state index contributed by atoms with van der Waals surface area (Å²) in [5.41, 5.74) is 3.40. The van der Waals surface area contributed by atoms with Crippen molar-refractivity contribution in [3.8, 4) is 0 Å². The van der Waals surface area contributed by atoms with Crippen molar-refractivity contribution in [1.82, 2.24) is 9.80 Å². The van der Waals surface area contributed by atoms with Crippen molar-refractivity contribution in [2.75, 3.05) is 26.2 Å². The molecule has 2 heterocycles. The first-order valence-corrected chi connectivity index (χ1v) is 9.08. The Labute approximate surface area is 144 Å². The van der Waals surface area contributed by atoms with Gasteiger partial charge in [0.25, 0.3) is 5.91 Å². The smallest absolute Gasteiger partial charge is 0.253 e. The van der Waals surface area contributed by atoms with Crippen molar-refractivity contribution in [1.29, 1.82) is 0 Å². The van der Waals surface area contributed by atoms with E-state index in [9.17, 15) is 9.59 Å². The van der Waals surface area contributed by atoms with E-state index >= 15 is 0 Å². The van der Waals surface area contributed by atoms with E-state index in [2.05, 4.69) is 20.8 Å². The van der Waals surface area contributed by atoms with Crippen LogP contribution in [-0.4, -0.2) is 47.8 Å². The number of piperidine rings is 2. The molecule has 1 spiro atoms. The van der Waals surface area contributed by atoms with Gasteiger partial charge in [0.05, 0.1) is 0 Å². The number of rotatable bonds is 2. The standard InChI is InChI=1S/C20H28N2O2/c1-4-21-14-20(8-7-18(21)23)9-11-22(12-10-20)19(24)17-6-5-15(2)16(3)13-17/h5-6,13H,4,7-12,14H2,1-3H3. The second-order valence-electron chi connectivity index (χ2n) is 7.50. The number of benzene rings is 1. The molecule has 0 saturated carbocycles. The third kappa shape index (κ3) is 3.19. The van der Waals surface area contributed by atoms with Crippen molar-refractivity contribution in [3.05, 3.63) is 34.9 Å². The highest BCUT2D eigenvalue weighted by Crippen LogP contribution is 2.40. The van der Waals surface area contributed by atoms with Gasteiger partial charge in [-0.15, -0.1) is 0 Å². The largest absolute Gasteiger partial charge is 0.342 e. The number of hydrogen-bond acceptors (Lipinski definition) is 2. The number of nitrogens with zero attached hydrogens (tertiary/aromatic N) is 2. The zero-order chi connectivity index (χ0) is 17.3. The lowest BCUT2D eigenvalue weighted by Crippen LogP contribution is -2.52. The van der Waals surface area contributed by atoms with Gasteiger partial charge in [0, 0.05) is 38.2 Å². The molecule has 4 nitrogen and oxygen atoms in total. The summed E-state index contributed by atoms with van der Waals surface area (Å²) in [5.74, 6) is 0.434. The summed E-state index contributed by atoms with van der Waals surface area (Å²) in [6.07, 6.45) is 3.66. The Morgan fingerprint density at radius 2 is 1.83 bits per heavy atom. The van der Waals surface area contributed by atoms with Gasteiger partial charge in [-0.05, 0) is 68.7 Å².